The molecule has 0 saturated carbocycles. The average molecular weight is 395 g/mol. The van der Waals surface area contributed by atoms with Gasteiger partial charge in [0.25, 0.3) is 0 Å². The van der Waals surface area contributed by atoms with E-state index in [0.29, 0.717) is 30.3 Å². The van der Waals surface area contributed by atoms with Crippen LogP contribution < -0.4 is 14.8 Å². The molecule has 6 nitrogen and oxygen atoms in total. The Morgan fingerprint density at radius 2 is 2.08 bits per heavy atom. The van der Waals surface area contributed by atoms with Crippen molar-refractivity contribution in [1.29, 1.82) is 0 Å². The van der Waals surface area contributed by atoms with Crippen molar-refractivity contribution in [2.45, 2.75) is 13.0 Å². The molecular formula is C18H19ClN2O4S. The van der Waals surface area contributed by atoms with Gasteiger partial charge in [-0.15, -0.1) is 0 Å². The molecule has 0 spiro atoms. The predicted octanol–water partition coefficient (Wildman–Crippen LogP) is 2.58. The molecule has 1 aliphatic rings. The van der Waals surface area contributed by atoms with E-state index in [1.165, 1.54) is 0 Å². The maximum absolute atomic E-state index is 12.4. The van der Waals surface area contributed by atoms with Gasteiger partial charge in [0.2, 0.25) is 15.9 Å². The van der Waals surface area contributed by atoms with Gasteiger partial charge in [0, 0.05) is 17.3 Å². The largest absolute Gasteiger partial charge is 0.492 e. The number of anilines is 1. The van der Waals surface area contributed by atoms with E-state index in [9.17, 15) is 13.2 Å². The number of rotatable bonds is 5. The second-order valence-electron chi connectivity index (χ2n) is 6.26. The van der Waals surface area contributed by atoms with E-state index in [2.05, 4.69) is 10.0 Å². The van der Waals surface area contributed by atoms with Gasteiger partial charge in [0.1, 0.15) is 12.4 Å². The highest BCUT2D eigenvalue weighted by atomic mass is 35.5. The minimum Gasteiger partial charge on any atom is -0.492 e. The lowest BCUT2D eigenvalue weighted by atomic mass is 9.96. The number of carbonyl (C=O) groups excluding carboxylic acids is 1. The fraction of sp³-hybridized carbons (Fsp3) is 0.278. The molecular weight excluding hydrogens is 376 g/mol. The van der Waals surface area contributed by atoms with Crippen molar-refractivity contribution in [2.24, 2.45) is 5.92 Å². The number of sulfonamides is 1. The number of carbonyl (C=O) groups is 1. The standard InChI is InChI=1S/C18H19ClN2O4S/c1-26(23,24)21-16-4-2-3-12(7-16)10-20-18(22)14-8-13-9-15(19)5-6-17(13)25-11-14/h2-7,9,14,21H,8,10-11H2,1H3,(H,20,22)/t14-/m1/s1. The summed E-state index contributed by atoms with van der Waals surface area (Å²) >= 11 is 6.00. The highest BCUT2D eigenvalue weighted by Gasteiger charge is 2.26. The molecule has 1 aliphatic heterocycles. The number of fused-ring (bicyclic) bond motifs is 1. The van der Waals surface area contributed by atoms with E-state index in [4.69, 9.17) is 16.3 Å². The molecule has 0 fully saturated rings. The van der Waals surface area contributed by atoms with Gasteiger partial charge in [-0.1, -0.05) is 23.7 Å². The van der Waals surface area contributed by atoms with E-state index in [-0.39, 0.29) is 11.8 Å². The summed E-state index contributed by atoms with van der Waals surface area (Å²) < 4.78 is 30.7. The van der Waals surface area contributed by atoms with E-state index in [1.54, 1.807) is 24.3 Å². The Morgan fingerprint density at radius 3 is 2.85 bits per heavy atom. The number of nitrogens with one attached hydrogen (secondary N) is 2. The average Bonchev–Trinajstić information content (AvgIpc) is 2.58. The van der Waals surface area contributed by atoms with Crippen LogP contribution in [0.1, 0.15) is 11.1 Å². The van der Waals surface area contributed by atoms with Crippen molar-refractivity contribution in [3.63, 3.8) is 0 Å². The monoisotopic (exact) mass is 394 g/mol. The minimum absolute atomic E-state index is 0.114. The third-order valence-electron chi connectivity index (χ3n) is 4.00. The molecule has 1 amide bonds. The number of benzene rings is 2. The lowest BCUT2D eigenvalue weighted by Gasteiger charge is -2.24. The van der Waals surface area contributed by atoms with Crippen LogP contribution in [-0.4, -0.2) is 27.2 Å². The van der Waals surface area contributed by atoms with Crippen LogP contribution >= 0.6 is 11.6 Å². The van der Waals surface area contributed by atoms with Crippen molar-refractivity contribution >= 4 is 33.2 Å². The fourth-order valence-corrected chi connectivity index (χ4v) is 3.57. The van der Waals surface area contributed by atoms with Gasteiger partial charge in [-0.05, 0) is 47.9 Å². The van der Waals surface area contributed by atoms with Crippen LogP contribution in [0.25, 0.3) is 0 Å². The SMILES string of the molecule is CS(=O)(=O)Nc1cccc(CNC(=O)[C@H]2COc3ccc(Cl)cc3C2)c1. The number of amides is 1. The van der Waals surface area contributed by atoms with Gasteiger partial charge in [0.05, 0.1) is 12.2 Å². The second kappa shape index (κ2) is 7.55. The van der Waals surface area contributed by atoms with Crippen LogP contribution in [0.2, 0.25) is 5.02 Å². The number of halogens is 1. The third-order valence-corrected chi connectivity index (χ3v) is 4.84. The first-order valence-corrected chi connectivity index (χ1v) is 10.3. The van der Waals surface area contributed by atoms with Gasteiger partial charge in [0.15, 0.2) is 0 Å². The normalized spacial score (nSPS) is 16.3. The Bertz CT molecular complexity index is 931. The number of hydrogen-bond acceptors (Lipinski definition) is 4. The molecule has 0 saturated heterocycles. The quantitative estimate of drug-likeness (QED) is 0.816. The third kappa shape index (κ3) is 4.89. The minimum atomic E-state index is -3.34. The maximum Gasteiger partial charge on any atom is 0.229 e. The Labute approximate surface area is 157 Å². The summed E-state index contributed by atoms with van der Waals surface area (Å²) in [6, 6.07) is 12.3. The summed E-state index contributed by atoms with van der Waals surface area (Å²) in [5.74, 6) is 0.355. The zero-order chi connectivity index (χ0) is 18.7. The zero-order valence-corrected chi connectivity index (χ0v) is 15.7. The van der Waals surface area contributed by atoms with Crippen molar-refractivity contribution in [2.75, 3.05) is 17.6 Å². The summed E-state index contributed by atoms with van der Waals surface area (Å²) in [6.45, 7) is 0.618. The fourth-order valence-electron chi connectivity index (χ4n) is 2.82. The number of ether oxygens (including phenoxy) is 1. The first-order chi connectivity index (χ1) is 12.3. The van der Waals surface area contributed by atoms with Gasteiger partial charge in [-0.2, -0.15) is 0 Å². The Hall–Kier alpha value is -2.25. The molecule has 0 bridgehead atoms. The molecule has 0 unspecified atom stereocenters. The first-order valence-electron chi connectivity index (χ1n) is 8.06. The van der Waals surface area contributed by atoms with Gasteiger partial charge in [-0.3, -0.25) is 9.52 Å². The molecule has 0 aromatic heterocycles. The van der Waals surface area contributed by atoms with Crippen LogP contribution in [0.15, 0.2) is 42.5 Å². The molecule has 2 N–H and O–H groups in total. The lowest BCUT2D eigenvalue weighted by molar-refractivity contribution is -0.126. The summed E-state index contributed by atoms with van der Waals surface area (Å²) in [4.78, 5) is 12.4. The van der Waals surface area contributed by atoms with Gasteiger partial charge in [-0.25, -0.2) is 8.42 Å². The molecule has 0 radical (unpaired) electrons. The van der Waals surface area contributed by atoms with Crippen LogP contribution in [0.3, 0.4) is 0 Å². The molecule has 2 aromatic rings. The van der Waals surface area contributed by atoms with Gasteiger partial charge < -0.3 is 10.1 Å². The molecule has 1 atom stereocenters. The maximum atomic E-state index is 12.4. The molecule has 1 heterocycles. The Balaban J connectivity index is 1.60. The summed E-state index contributed by atoms with van der Waals surface area (Å²) in [6.07, 6.45) is 1.66. The highest BCUT2D eigenvalue weighted by molar-refractivity contribution is 7.92. The van der Waals surface area contributed by atoms with Crippen LogP contribution in [0.4, 0.5) is 5.69 Å². The highest BCUT2D eigenvalue weighted by Crippen LogP contribution is 2.29. The van der Waals surface area contributed by atoms with Crippen molar-refractivity contribution in [3.05, 3.63) is 58.6 Å². The molecule has 2 aromatic carbocycles. The molecule has 0 aliphatic carbocycles. The smallest absolute Gasteiger partial charge is 0.229 e. The van der Waals surface area contributed by atoms with E-state index in [1.807, 2.05) is 18.2 Å². The van der Waals surface area contributed by atoms with E-state index < -0.39 is 10.0 Å². The predicted molar refractivity (Wildman–Crippen MR) is 101 cm³/mol. The Kier molecular flexibility index (Phi) is 5.38. The van der Waals surface area contributed by atoms with Gasteiger partial charge >= 0.3 is 0 Å². The van der Waals surface area contributed by atoms with Crippen LogP contribution in [-0.2, 0) is 27.8 Å². The lowest BCUT2D eigenvalue weighted by Crippen LogP contribution is -2.37. The van der Waals surface area contributed by atoms with Crippen molar-refractivity contribution < 1.29 is 17.9 Å². The number of hydrogen-bond donors (Lipinski definition) is 2. The summed E-state index contributed by atoms with van der Waals surface area (Å²) in [5, 5.41) is 3.49. The van der Waals surface area contributed by atoms with Crippen molar-refractivity contribution in [1.82, 2.24) is 5.32 Å². The molecule has 26 heavy (non-hydrogen) atoms. The molecule has 3 rings (SSSR count). The molecule has 8 heteroatoms. The second-order valence-corrected chi connectivity index (χ2v) is 8.44. The van der Waals surface area contributed by atoms with E-state index >= 15 is 0 Å². The van der Waals surface area contributed by atoms with Crippen molar-refractivity contribution in [3.8, 4) is 5.75 Å². The summed E-state index contributed by atoms with van der Waals surface area (Å²) in [7, 11) is -3.34. The first kappa shape index (κ1) is 18.5. The molecule has 138 valence electrons. The van der Waals surface area contributed by atoms with Crippen LogP contribution in [0, 0.1) is 5.92 Å². The summed E-state index contributed by atoms with van der Waals surface area (Å²) in [5.41, 5.74) is 2.18. The van der Waals surface area contributed by atoms with Crippen LogP contribution in [0.5, 0.6) is 5.75 Å². The van der Waals surface area contributed by atoms with E-state index in [0.717, 1.165) is 23.1 Å². The Morgan fingerprint density at radius 1 is 1.27 bits per heavy atom. The topological polar surface area (TPSA) is 84.5 Å². The zero-order valence-electron chi connectivity index (χ0n) is 14.2.